The molecule has 1 amide bonds. The van der Waals surface area contributed by atoms with Gasteiger partial charge in [0.25, 0.3) is 5.56 Å². The van der Waals surface area contributed by atoms with Crippen LogP contribution in [0.1, 0.15) is 29.3 Å². The van der Waals surface area contributed by atoms with Crippen molar-refractivity contribution in [2.24, 2.45) is 0 Å². The third-order valence-corrected chi connectivity index (χ3v) is 6.27. The van der Waals surface area contributed by atoms with Crippen molar-refractivity contribution in [3.8, 4) is 5.75 Å². The molecule has 0 aliphatic rings. The molecule has 5 rings (SSSR count). The molecule has 0 spiro atoms. The highest BCUT2D eigenvalue weighted by molar-refractivity contribution is 5.84. The zero-order valence-electron chi connectivity index (χ0n) is 19.4. The molecule has 2 heterocycles. The van der Waals surface area contributed by atoms with Gasteiger partial charge >= 0.3 is 0 Å². The zero-order chi connectivity index (χ0) is 24.2. The van der Waals surface area contributed by atoms with Gasteiger partial charge < -0.3 is 20.0 Å². The van der Waals surface area contributed by atoms with Crippen LogP contribution in [0, 0.1) is 0 Å². The van der Waals surface area contributed by atoms with Crippen molar-refractivity contribution in [1.29, 1.82) is 0 Å². The minimum atomic E-state index is -0.190. The average Bonchev–Trinajstić information content (AvgIpc) is 3.32. The lowest BCUT2D eigenvalue weighted by atomic mass is 9.90. The highest BCUT2D eigenvalue weighted by atomic mass is 16.5. The third-order valence-electron chi connectivity index (χ3n) is 6.27. The number of aromatic amines is 2. The summed E-state index contributed by atoms with van der Waals surface area (Å²) in [5.74, 6) is 1.15. The number of rotatable bonds is 8. The monoisotopic (exact) mass is 466 g/mol. The first kappa shape index (κ1) is 22.4. The van der Waals surface area contributed by atoms with Gasteiger partial charge in [0.1, 0.15) is 11.6 Å². The van der Waals surface area contributed by atoms with E-state index >= 15 is 0 Å². The highest BCUT2D eigenvalue weighted by Crippen LogP contribution is 2.31. The maximum absolute atomic E-state index is 12.8. The second kappa shape index (κ2) is 9.85. The lowest BCUT2D eigenvalue weighted by Gasteiger charge is -2.18. The molecule has 176 valence electrons. The van der Waals surface area contributed by atoms with E-state index in [0.717, 1.165) is 27.8 Å². The minimum absolute atomic E-state index is 0.0420. The molecule has 2 aromatic heterocycles. The summed E-state index contributed by atoms with van der Waals surface area (Å²) in [6, 6.07) is 23.2. The van der Waals surface area contributed by atoms with Crippen molar-refractivity contribution in [2.45, 2.75) is 18.8 Å². The van der Waals surface area contributed by atoms with E-state index in [1.165, 1.54) is 0 Å². The predicted octanol–water partition coefficient (Wildman–Crippen LogP) is 4.29. The lowest BCUT2D eigenvalue weighted by Crippen LogP contribution is -2.29. The highest BCUT2D eigenvalue weighted by Gasteiger charge is 2.19. The molecule has 0 fully saturated rings. The smallest absolute Gasteiger partial charge is 0.258 e. The molecule has 0 saturated heterocycles. The molecule has 0 bridgehead atoms. The summed E-state index contributed by atoms with van der Waals surface area (Å²) in [5.41, 5.74) is 3.69. The van der Waals surface area contributed by atoms with Crippen molar-refractivity contribution in [2.75, 3.05) is 13.7 Å². The second-order valence-electron chi connectivity index (χ2n) is 8.45. The van der Waals surface area contributed by atoms with Crippen molar-refractivity contribution in [3.05, 3.63) is 106 Å². The maximum Gasteiger partial charge on any atom is 0.258 e. The van der Waals surface area contributed by atoms with Crippen molar-refractivity contribution < 1.29 is 9.53 Å². The van der Waals surface area contributed by atoms with E-state index in [-0.39, 0.29) is 23.8 Å². The van der Waals surface area contributed by atoms with Gasteiger partial charge in [0.15, 0.2) is 0 Å². The number of amides is 1. The number of para-hydroxylation sites is 2. The first-order chi connectivity index (χ1) is 17.1. The van der Waals surface area contributed by atoms with Gasteiger partial charge in [-0.2, -0.15) is 0 Å². The Morgan fingerprint density at radius 3 is 2.54 bits per heavy atom. The van der Waals surface area contributed by atoms with Crippen molar-refractivity contribution >= 4 is 27.7 Å². The number of fused-ring (bicyclic) bond motifs is 2. The van der Waals surface area contributed by atoms with Crippen LogP contribution in [0.4, 0.5) is 0 Å². The van der Waals surface area contributed by atoms with E-state index in [4.69, 9.17) is 4.74 Å². The summed E-state index contributed by atoms with van der Waals surface area (Å²) in [5, 5.41) is 4.75. The molecule has 5 aromatic rings. The van der Waals surface area contributed by atoms with E-state index in [1.807, 2.05) is 54.7 Å². The van der Waals surface area contributed by atoms with Crippen LogP contribution < -0.4 is 15.6 Å². The van der Waals surface area contributed by atoms with Crippen LogP contribution in [-0.4, -0.2) is 34.5 Å². The van der Waals surface area contributed by atoms with Crippen LogP contribution in [0.25, 0.3) is 21.8 Å². The Balaban J connectivity index is 1.32. The van der Waals surface area contributed by atoms with E-state index in [1.54, 1.807) is 25.3 Å². The number of benzene rings is 3. The number of nitrogens with one attached hydrogen (secondary N) is 3. The Labute approximate surface area is 202 Å². The topological polar surface area (TPSA) is 99.9 Å². The van der Waals surface area contributed by atoms with Gasteiger partial charge in [-0.25, -0.2) is 4.98 Å². The molecular formula is C28H26N4O3. The van der Waals surface area contributed by atoms with Gasteiger partial charge in [-0.1, -0.05) is 42.5 Å². The van der Waals surface area contributed by atoms with Crippen LogP contribution in [0.2, 0.25) is 0 Å². The Bertz CT molecular complexity index is 1540. The summed E-state index contributed by atoms with van der Waals surface area (Å²) in [4.78, 5) is 35.7. The first-order valence-corrected chi connectivity index (χ1v) is 11.6. The number of carbonyl (C=O) groups excluding carboxylic acids is 1. The van der Waals surface area contributed by atoms with E-state index in [0.29, 0.717) is 29.7 Å². The minimum Gasteiger partial charge on any atom is -0.497 e. The summed E-state index contributed by atoms with van der Waals surface area (Å²) in [7, 11) is 1.64. The summed E-state index contributed by atoms with van der Waals surface area (Å²) in [6.45, 7) is 0.439. The normalized spacial score (nSPS) is 12.0. The largest absolute Gasteiger partial charge is 0.497 e. The number of hydrogen-bond donors (Lipinski definition) is 3. The average molecular weight is 467 g/mol. The van der Waals surface area contributed by atoms with Crippen LogP contribution >= 0.6 is 0 Å². The van der Waals surface area contributed by atoms with Crippen LogP contribution in [0.15, 0.2) is 83.8 Å². The van der Waals surface area contributed by atoms with Gasteiger partial charge in [-0.05, 0) is 41.5 Å². The first-order valence-electron chi connectivity index (χ1n) is 11.6. The Kier molecular flexibility index (Phi) is 6.30. The number of H-pyrrole nitrogens is 2. The van der Waals surface area contributed by atoms with E-state index in [9.17, 15) is 9.59 Å². The Morgan fingerprint density at radius 1 is 1.00 bits per heavy atom. The van der Waals surface area contributed by atoms with E-state index in [2.05, 4.69) is 26.3 Å². The van der Waals surface area contributed by atoms with Crippen LogP contribution in [0.5, 0.6) is 5.75 Å². The quantitative estimate of drug-likeness (QED) is 0.318. The number of methoxy groups -OCH3 is 1. The molecule has 0 radical (unpaired) electrons. The van der Waals surface area contributed by atoms with E-state index < -0.39 is 0 Å². The SMILES string of the molecule is COc1ccc(C(CNC(=O)CCc2nc3ccccc3c(=O)[nH]2)c2c[nH]c3ccccc23)cc1. The molecule has 35 heavy (non-hydrogen) atoms. The molecule has 0 saturated carbocycles. The fourth-order valence-corrected chi connectivity index (χ4v) is 4.42. The molecule has 3 N–H and O–H groups in total. The summed E-state index contributed by atoms with van der Waals surface area (Å²) in [6.07, 6.45) is 2.59. The Hall–Kier alpha value is -4.39. The van der Waals surface area contributed by atoms with Crippen molar-refractivity contribution in [1.82, 2.24) is 20.3 Å². The van der Waals surface area contributed by atoms with Crippen LogP contribution in [-0.2, 0) is 11.2 Å². The lowest BCUT2D eigenvalue weighted by molar-refractivity contribution is -0.121. The number of nitrogens with zero attached hydrogens (tertiary/aromatic N) is 1. The fraction of sp³-hybridized carbons (Fsp3) is 0.179. The number of aryl methyl sites for hydroxylation is 1. The van der Waals surface area contributed by atoms with Gasteiger partial charge in [-0.3, -0.25) is 9.59 Å². The molecule has 3 aromatic carbocycles. The molecular weight excluding hydrogens is 440 g/mol. The van der Waals surface area contributed by atoms with Gasteiger partial charge in [-0.15, -0.1) is 0 Å². The molecule has 0 aliphatic carbocycles. The van der Waals surface area contributed by atoms with Gasteiger partial charge in [0, 0.05) is 42.4 Å². The van der Waals surface area contributed by atoms with Gasteiger partial charge in [0.2, 0.25) is 5.91 Å². The molecule has 1 unspecified atom stereocenters. The molecule has 7 heteroatoms. The zero-order valence-corrected chi connectivity index (χ0v) is 19.4. The van der Waals surface area contributed by atoms with Crippen LogP contribution in [0.3, 0.4) is 0 Å². The molecule has 7 nitrogen and oxygen atoms in total. The predicted molar refractivity (Wildman–Crippen MR) is 137 cm³/mol. The van der Waals surface area contributed by atoms with Crippen molar-refractivity contribution in [3.63, 3.8) is 0 Å². The molecule has 1 atom stereocenters. The fourth-order valence-electron chi connectivity index (χ4n) is 4.42. The molecule has 0 aliphatic heterocycles. The number of carbonyl (C=O) groups is 1. The second-order valence-corrected chi connectivity index (χ2v) is 8.45. The summed E-state index contributed by atoms with van der Waals surface area (Å²) < 4.78 is 5.31. The third kappa shape index (κ3) is 4.80. The summed E-state index contributed by atoms with van der Waals surface area (Å²) >= 11 is 0. The number of ether oxygens (including phenoxy) is 1. The Morgan fingerprint density at radius 2 is 1.74 bits per heavy atom. The number of hydrogen-bond acceptors (Lipinski definition) is 4. The number of aromatic nitrogens is 3. The maximum atomic E-state index is 12.8. The standard InChI is InChI=1S/C28H26N4O3/c1-35-19-12-10-18(11-13-19)22(23-17-29-24-8-4-2-6-20(23)24)16-30-27(33)15-14-26-31-25-9-5-3-7-21(25)28(34)32-26/h2-13,17,22,29H,14-16H2,1H3,(H,30,33)(H,31,32,34). The van der Waals surface area contributed by atoms with Gasteiger partial charge in [0.05, 0.1) is 18.0 Å².